The number of anilines is 1. The maximum absolute atomic E-state index is 13.1. The van der Waals surface area contributed by atoms with Gasteiger partial charge in [0.05, 0.1) is 15.5 Å². The normalized spacial score (nSPS) is 17.3. The molecule has 1 aliphatic rings. The molecule has 0 spiro atoms. The molecule has 3 rings (SSSR count). The average Bonchev–Trinajstić information content (AvgIpc) is 2.90. The highest BCUT2D eigenvalue weighted by Gasteiger charge is 2.36. The topological polar surface area (TPSA) is 97.5 Å². The minimum Gasteiger partial charge on any atom is -0.263 e. The van der Waals surface area contributed by atoms with E-state index in [1.165, 1.54) is 22.5 Å². The van der Waals surface area contributed by atoms with Gasteiger partial charge < -0.3 is 0 Å². The van der Waals surface area contributed by atoms with Crippen LogP contribution in [0.25, 0.3) is 0 Å². The van der Waals surface area contributed by atoms with Crippen molar-refractivity contribution in [2.75, 3.05) is 4.31 Å². The molecule has 1 unspecified atom stereocenters. The first-order valence-corrected chi connectivity index (χ1v) is 11.4. The third kappa shape index (κ3) is 3.36. The van der Waals surface area contributed by atoms with E-state index in [-0.39, 0.29) is 15.8 Å². The van der Waals surface area contributed by atoms with Gasteiger partial charge in [-0.05, 0) is 61.2 Å². The molecule has 1 aliphatic heterocycles. The SMILES string of the molecule is CCCc1ccc(S(=O)(=O)N2c3ccc(S(N)(=O)=O)cc3CC2C)cc1. The second kappa shape index (κ2) is 6.68. The molecule has 0 amide bonds. The number of fused-ring (bicyclic) bond motifs is 1. The van der Waals surface area contributed by atoms with Gasteiger partial charge in [0.25, 0.3) is 10.0 Å². The molecule has 8 heteroatoms. The fourth-order valence-electron chi connectivity index (χ4n) is 3.35. The van der Waals surface area contributed by atoms with Gasteiger partial charge in [0.15, 0.2) is 0 Å². The molecule has 0 bridgehead atoms. The van der Waals surface area contributed by atoms with Crippen molar-refractivity contribution in [1.29, 1.82) is 0 Å². The van der Waals surface area contributed by atoms with Crippen LogP contribution in [0.1, 0.15) is 31.4 Å². The summed E-state index contributed by atoms with van der Waals surface area (Å²) in [5.74, 6) is 0. The van der Waals surface area contributed by atoms with Crippen molar-refractivity contribution in [3.8, 4) is 0 Å². The van der Waals surface area contributed by atoms with E-state index in [1.807, 2.05) is 12.1 Å². The summed E-state index contributed by atoms with van der Waals surface area (Å²) >= 11 is 0. The Labute approximate surface area is 154 Å². The van der Waals surface area contributed by atoms with Gasteiger partial charge in [-0.1, -0.05) is 25.5 Å². The van der Waals surface area contributed by atoms with Crippen molar-refractivity contribution in [3.63, 3.8) is 0 Å². The van der Waals surface area contributed by atoms with Gasteiger partial charge in [-0.3, -0.25) is 4.31 Å². The molecular weight excluding hydrogens is 372 g/mol. The first-order valence-electron chi connectivity index (χ1n) is 8.43. The molecule has 1 heterocycles. The maximum Gasteiger partial charge on any atom is 0.264 e. The highest BCUT2D eigenvalue weighted by molar-refractivity contribution is 7.93. The Bertz CT molecular complexity index is 1030. The van der Waals surface area contributed by atoms with Gasteiger partial charge in [0.2, 0.25) is 10.0 Å². The molecule has 0 radical (unpaired) electrons. The van der Waals surface area contributed by atoms with Crippen LogP contribution in [-0.2, 0) is 32.9 Å². The summed E-state index contributed by atoms with van der Waals surface area (Å²) < 4.78 is 50.7. The number of rotatable bonds is 5. The maximum atomic E-state index is 13.1. The summed E-state index contributed by atoms with van der Waals surface area (Å²) in [5.41, 5.74) is 2.26. The Hall–Kier alpha value is -1.90. The van der Waals surface area contributed by atoms with E-state index in [2.05, 4.69) is 6.92 Å². The van der Waals surface area contributed by atoms with Crippen molar-refractivity contribution in [2.24, 2.45) is 5.14 Å². The molecule has 26 heavy (non-hydrogen) atoms. The Morgan fingerprint density at radius 1 is 1.04 bits per heavy atom. The van der Waals surface area contributed by atoms with E-state index < -0.39 is 20.0 Å². The third-order valence-corrected chi connectivity index (χ3v) is 7.40. The Balaban J connectivity index is 2.02. The largest absolute Gasteiger partial charge is 0.264 e. The first kappa shape index (κ1) is 18.9. The van der Waals surface area contributed by atoms with Crippen LogP contribution in [0.5, 0.6) is 0 Å². The van der Waals surface area contributed by atoms with Crippen LogP contribution in [0.4, 0.5) is 5.69 Å². The number of benzene rings is 2. The monoisotopic (exact) mass is 394 g/mol. The lowest BCUT2D eigenvalue weighted by Gasteiger charge is -2.24. The Morgan fingerprint density at radius 2 is 1.65 bits per heavy atom. The lowest BCUT2D eigenvalue weighted by Crippen LogP contribution is -2.35. The van der Waals surface area contributed by atoms with Crippen LogP contribution >= 0.6 is 0 Å². The van der Waals surface area contributed by atoms with Crippen molar-refractivity contribution < 1.29 is 16.8 Å². The Kier molecular flexibility index (Phi) is 4.85. The fourth-order valence-corrected chi connectivity index (χ4v) is 5.61. The number of nitrogens with zero attached hydrogens (tertiary/aromatic N) is 1. The van der Waals surface area contributed by atoms with Gasteiger partial charge >= 0.3 is 0 Å². The zero-order valence-corrected chi connectivity index (χ0v) is 16.3. The number of aryl methyl sites for hydroxylation is 1. The van der Waals surface area contributed by atoms with Crippen LogP contribution < -0.4 is 9.44 Å². The summed E-state index contributed by atoms with van der Waals surface area (Å²) in [4.78, 5) is 0.221. The second-order valence-electron chi connectivity index (χ2n) is 6.58. The smallest absolute Gasteiger partial charge is 0.263 e. The molecule has 2 aromatic rings. The van der Waals surface area contributed by atoms with Gasteiger partial charge in [0.1, 0.15) is 0 Å². The molecule has 2 N–H and O–H groups in total. The molecule has 0 aromatic heterocycles. The van der Waals surface area contributed by atoms with E-state index in [9.17, 15) is 16.8 Å². The summed E-state index contributed by atoms with van der Waals surface area (Å²) in [6, 6.07) is 10.9. The minimum atomic E-state index is -3.83. The van der Waals surface area contributed by atoms with Crippen molar-refractivity contribution in [2.45, 2.75) is 48.9 Å². The van der Waals surface area contributed by atoms with E-state index in [4.69, 9.17) is 5.14 Å². The zero-order chi connectivity index (χ0) is 19.1. The molecule has 1 atom stereocenters. The summed E-state index contributed by atoms with van der Waals surface area (Å²) in [7, 11) is -7.55. The summed E-state index contributed by atoms with van der Waals surface area (Å²) in [6.45, 7) is 3.88. The molecule has 6 nitrogen and oxygen atoms in total. The van der Waals surface area contributed by atoms with Crippen LogP contribution in [0.2, 0.25) is 0 Å². The molecule has 0 saturated carbocycles. The van der Waals surface area contributed by atoms with Crippen LogP contribution in [0.15, 0.2) is 52.3 Å². The van der Waals surface area contributed by atoms with Crippen molar-refractivity contribution in [3.05, 3.63) is 53.6 Å². The van der Waals surface area contributed by atoms with Gasteiger partial charge in [-0.2, -0.15) is 0 Å². The van der Waals surface area contributed by atoms with Crippen LogP contribution in [0.3, 0.4) is 0 Å². The predicted molar refractivity (Wildman–Crippen MR) is 101 cm³/mol. The van der Waals surface area contributed by atoms with Gasteiger partial charge in [0, 0.05) is 6.04 Å². The number of hydrogen-bond acceptors (Lipinski definition) is 4. The van der Waals surface area contributed by atoms with Crippen molar-refractivity contribution >= 4 is 25.7 Å². The molecule has 0 aliphatic carbocycles. The summed E-state index contributed by atoms with van der Waals surface area (Å²) in [6.07, 6.45) is 2.33. The third-order valence-electron chi connectivity index (χ3n) is 4.55. The highest BCUT2D eigenvalue weighted by atomic mass is 32.2. The van der Waals surface area contributed by atoms with Crippen molar-refractivity contribution in [1.82, 2.24) is 0 Å². The van der Waals surface area contributed by atoms with Crippen LogP contribution in [-0.4, -0.2) is 22.9 Å². The minimum absolute atomic E-state index is 0.00776. The van der Waals surface area contributed by atoms with E-state index >= 15 is 0 Å². The lowest BCUT2D eigenvalue weighted by molar-refractivity contribution is 0.584. The highest BCUT2D eigenvalue weighted by Crippen LogP contribution is 2.37. The average molecular weight is 395 g/mol. The number of nitrogens with two attached hydrogens (primary N) is 1. The number of hydrogen-bond donors (Lipinski definition) is 1. The van der Waals surface area contributed by atoms with Gasteiger partial charge in [-0.15, -0.1) is 0 Å². The molecule has 2 aromatic carbocycles. The number of primary sulfonamides is 1. The molecule has 0 fully saturated rings. The standard InChI is InChI=1S/C18H22N2O4S2/c1-3-4-14-5-7-16(8-6-14)26(23,24)20-13(2)11-15-12-17(25(19,21)22)9-10-18(15)20/h5-10,12-13H,3-4,11H2,1-2H3,(H2,19,21,22). The first-order chi connectivity index (χ1) is 12.1. The Morgan fingerprint density at radius 3 is 2.23 bits per heavy atom. The van der Waals surface area contributed by atoms with Gasteiger partial charge in [-0.25, -0.2) is 22.0 Å². The van der Waals surface area contributed by atoms with E-state index in [0.717, 1.165) is 18.4 Å². The molecular formula is C18H22N2O4S2. The lowest BCUT2D eigenvalue weighted by atomic mass is 10.1. The number of sulfonamides is 2. The van der Waals surface area contributed by atoms with E-state index in [1.54, 1.807) is 19.1 Å². The zero-order valence-electron chi connectivity index (χ0n) is 14.7. The van der Waals surface area contributed by atoms with E-state index in [0.29, 0.717) is 17.7 Å². The predicted octanol–water partition coefficient (Wildman–Crippen LogP) is 2.43. The fraction of sp³-hybridized carbons (Fsp3) is 0.333. The quantitative estimate of drug-likeness (QED) is 0.842. The molecule has 0 saturated heterocycles. The second-order valence-corrected chi connectivity index (χ2v) is 9.96. The van der Waals surface area contributed by atoms with Crippen LogP contribution in [0, 0.1) is 0 Å². The summed E-state index contributed by atoms with van der Waals surface area (Å²) in [5, 5.41) is 5.18. The molecule has 140 valence electrons.